The molecule has 5 nitrogen and oxygen atoms in total. The maximum absolute atomic E-state index is 13.9. The number of rotatable bonds is 4. The smallest absolute Gasteiger partial charge is 0.261 e. The van der Waals surface area contributed by atoms with Crippen LogP contribution in [0, 0.1) is 11.6 Å². The largest absolute Gasteiger partial charge is 0.369 e. The monoisotopic (exact) mass is 398 g/mol. The number of aromatic nitrogens is 2. The van der Waals surface area contributed by atoms with Crippen LogP contribution in [-0.2, 0) is 6.54 Å². The fourth-order valence-corrected chi connectivity index (χ4v) is 3.76. The van der Waals surface area contributed by atoms with E-state index >= 15 is 0 Å². The Hall–Kier alpha value is -2.80. The second-order valence-corrected chi connectivity index (χ2v) is 7.75. The van der Waals surface area contributed by atoms with E-state index < -0.39 is 5.82 Å². The Bertz CT molecular complexity index is 1090. The number of hydrogen-bond acceptors (Lipinski definition) is 4. The van der Waals surface area contributed by atoms with Crippen LogP contribution in [-0.4, -0.2) is 40.6 Å². The zero-order valence-corrected chi connectivity index (χ0v) is 16.6. The molecule has 152 valence electrons. The van der Waals surface area contributed by atoms with E-state index in [-0.39, 0.29) is 17.4 Å². The van der Waals surface area contributed by atoms with Crippen molar-refractivity contribution in [3.8, 4) is 0 Å². The highest BCUT2D eigenvalue weighted by Gasteiger charge is 2.19. The van der Waals surface area contributed by atoms with Gasteiger partial charge in [0.05, 0.1) is 17.2 Å². The average molecular weight is 398 g/mol. The molecule has 0 N–H and O–H groups in total. The first-order valence-corrected chi connectivity index (χ1v) is 9.84. The number of nitrogens with zero attached hydrogens (tertiary/aromatic N) is 4. The van der Waals surface area contributed by atoms with Crippen molar-refractivity contribution >= 4 is 16.6 Å². The number of anilines is 1. The maximum Gasteiger partial charge on any atom is 0.261 e. The van der Waals surface area contributed by atoms with Crippen LogP contribution in [0.2, 0.25) is 0 Å². The third kappa shape index (κ3) is 4.00. The maximum atomic E-state index is 13.9. The van der Waals surface area contributed by atoms with Crippen LogP contribution in [0.3, 0.4) is 0 Å². The number of benzene rings is 2. The lowest BCUT2D eigenvalue weighted by molar-refractivity contribution is 0.246. The molecular weight excluding hydrogens is 374 g/mol. The predicted molar refractivity (Wildman–Crippen MR) is 110 cm³/mol. The Labute approximate surface area is 168 Å². The second-order valence-electron chi connectivity index (χ2n) is 7.75. The Kier molecular flexibility index (Phi) is 5.32. The van der Waals surface area contributed by atoms with Gasteiger partial charge in [0, 0.05) is 50.0 Å². The van der Waals surface area contributed by atoms with E-state index in [4.69, 9.17) is 0 Å². The molecule has 29 heavy (non-hydrogen) atoms. The van der Waals surface area contributed by atoms with E-state index in [2.05, 4.69) is 14.8 Å². The van der Waals surface area contributed by atoms with E-state index in [1.807, 2.05) is 32.0 Å². The van der Waals surface area contributed by atoms with Gasteiger partial charge in [0.2, 0.25) is 0 Å². The minimum atomic E-state index is -0.416. The first-order chi connectivity index (χ1) is 13.9. The molecule has 3 aromatic rings. The summed E-state index contributed by atoms with van der Waals surface area (Å²) < 4.78 is 28.9. The third-order valence-electron chi connectivity index (χ3n) is 5.46. The fraction of sp³-hybridized carbons (Fsp3) is 0.364. The van der Waals surface area contributed by atoms with Crippen molar-refractivity contribution in [2.45, 2.75) is 26.4 Å². The highest BCUT2D eigenvalue weighted by molar-refractivity contribution is 5.81. The molecule has 0 bridgehead atoms. The molecule has 0 atom stereocenters. The van der Waals surface area contributed by atoms with E-state index in [1.54, 1.807) is 10.9 Å². The number of halogens is 2. The zero-order valence-electron chi connectivity index (χ0n) is 16.6. The number of fused-ring (bicyclic) bond motifs is 1. The molecule has 0 saturated carbocycles. The molecule has 1 aromatic heterocycles. The van der Waals surface area contributed by atoms with Gasteiger partial charge >= 0.3 is 0 Å². The summed E-state index contributed by atoms with van der Waals surface area (Å²) in [4.78, 5) is 21.4. The minimum Gasteiger partial charge on any atom is -0.369 e. The van der Waals surface area contributed by atoms with Gasteiger partial charge in [-0.1, -0.05) is 0 Å². The van der Waals surface area contributed by atoms with Gasteiger partial charge in [-0.05, 0) is 50.2 Å². The van der Waals surface area contributed by atoms with Gasteiger partial charge in [0.15, 0.2) is 0 Å². The molecule has 2 aromatic carbocycles. The lowest BCUT2D eigenvalue weighted by atomic mass is 10.1. The van der Waals surface area contributed by atoms with Gasteiger partial charge in [-0.3, -0.25) is 14.3 Å². The van der Waals surface area contributed by atoms with Gasteiger partial charge in [-0.2, -0.15) is 0 Å². The Morgan fingerprint density at radius 3 is 2.52 bits per heavy atom. The normalized spacial score (nSPS) is 15.4. The lowest BCUT2D eigenvalue weighted by Gasteiger charge is -2.36. The summed E-state index contributed by atoms with van der Waals surface area (Å²) in [6, 6.07) is 9.39. The minimum absolute atomic E-state index is 0.0292. The van der Waals surface area contributed by atoms with E-state index in [1.165, 1.54) is 12.1 Å². The van der Waals surface area contributed by atoms with Crippen molar-refractivity contribution in [2.24, 2.45) is 0 Å². The third-order valence-corrected chi connectivity index (χ3v) is 5.46. The molecule has 0 unspecified atom stereocenters. The van der Waals surface area contributed by atoms with Gasteiger partial charge < -0.3 is 4.90 Å². The first kappa shape index (κ1) is 19.5. The van der Waals surface area contributed by atoms with Crippen LogP contribution >= 0.6 is 0 Å². The predicted octanol–water partition coefficient (Wildman–Crippen LogP) is 3.58. The molecular formula is C22H24F2N4O. The van der Waals surface area contributed by atoms with Crippen LogP contribution in [0.4, 0.5) is 14.5 Å². The van der Waals surface area contributed by atoms with Crippen LogP contribution in [0.1, 0.15) is 25.5 Å². The van der Waals surface area contributed by atoms with Gasteiger partial charge in [0.1, 0.15) is 11.6 Å². The van der Waals surface area contributed by atoms with Gasteiger partial charge in [-0.25, -0.2) is 13.8 Å². The second kappa shape index (κ2) is 7.91. The van der Waals surface area contributed by atoms with Crippen molar-refractivity contribution in [3.05, 3.63) is 70.3 Å². The van der Waals surface area contributed by atoms with Crippen LogP contribution in [0.25, 0.3) is 10.9 Å². The molecule has 1 aliphatic heterocycles. The molecule has 4 rings (SSSR count). The summed E-state index contributed by atoms with van der Waals surface area (Å²) in [5, 5.41) is 0.616. The standard InChI is InChI=1S/C22H24F2N4O/c1-15(2)28-14-25-21-12-18(4-5-19(21)22(28)29)27-9-7-26(8-10-27)13-16-11-17(23)3-6-20(16)24/h3-6,11-12,14-15H,7-10,13H2,1-2H3. The van der Waals surface area contributed by atoms with Crippen molar-refractivity contribution in [1.29, 1.82) is 0 Å². The molecule has 1 aliphatic rings. The Morgan fingerprint density at radius 1 is 1.03 bits per heavy atom. The highest BCUT2D eigenvalue weighted by atomic mass is 19.1. The molecule has 1 fully saturated rings. The van der Waals surface area contributed by atoms with E-state index in [9.17, 15) is 13.6 Å². The molecule has 7 heteroatoms. The van der Waals surface area contributed by atoms with E-state index in [0.29, 0.717) is 23.0 Å². The summed E-state index contributed by atoms with van der Waals surface area (Å²) in [7, 11) is 0. The first-order valence-electron chi connectivity index (χ1n) is 9.84. The zero-order chi connectivity index (χ0) is 20.5. The topological polar surface area (TPSA) is 41.4 Å². The summed E-state index contributed by atoms with van der Waals surface area (Å²) in [6.07, 6.45) is 1.60. The van der Waals surface area contributed by atoms with Crippen molar-refractivity contribution in [2.75, 3.05) is 31.1 Å². The van der Waals surface area contributed by atoms with Gasteiger partial charge in [0.25, 0.3) is 5.56 Å². The highest BCUT2D eigenvalue weighted by Crippen LogP contribution is 2.22. The fourth-order valence-electron chi connectivity index (χ4n) is 3.76. The van der Waals surface area contributed by atoms with Crippen LogP contribution < -0.4 is 10.5 Å². The quantitative estimate of drug-likeness (QED) is 0.674. The molecule has 0 spiro atoms. The average Bonchev–Trinajstić information content (AvgIpc) is 2.71. The lowest BCUT2D eigenvalue weighted by Crippen LogP contribution is -2.46. The Morgan fingerprint density at radius 2 is 1.79 bits per heavy atom. The summed E-state index contributed by atoms with van der Waals surface area (Å²) in [6.45, 7) is 7.34. The van der Waals surface area contributed by atoms with Crippen LogP contribution in [0.5, 0.6) is 0 Å². The molecule has 0 radical (unpaired) electrons. The van der Waals surface area contributed by atoms with Crippen molar-refractivity contribution in [1.82, 2.24) is 14.5 Å². The molecule has 0 aliphatic carbocycles. The number of piperazine rings is 1. The van der Waals surface area contributed by atoms with Crippen molar-refractivity contribution in [3.63, 3.8) is 0 Å². The SMILES string of the molecule is CC(C)n1cnc2cc(N3CCN(Cc4cc(F)ccc4F)CC3)ccc2c1=O. The molecule has 2 heterocycles. The van der Waals surface area contributed by atoms with Gasteiger partial charge in [-0.15, -0.1) is 0 Å². The number of hydrogen-bond donors (Lipinski definition) is 0. The molecule has 1 saturated heterocycles. The Balaban J connectivity index is 1.47. The van der Waals surface area contributed by atoms with Crippen LogP contribution in [0.15, 0.2) is 47.5 Å². The summed E-state index contributed by atoms with van der Waals surface area (Å²) in [5.74, 6) is -0.790. The summed E-state index contributed by atoms with van der Waals surface area (Å²) in [5.41, 5.74) is 2.06. The van der Waals surface area contributed by atoms with E-state index in [0.717, 1.165) is 37.9 Å². The summed E-state index contributed by atoms with van der Waals surface area (Å²) >= 11 is 0. The van der Waals surface area contributed by atoms with Crippen molar-refractivity contribution < 1.29 is 8.78 Å². The molecule has 0 amide bonds.